The van der Waals surface area contributed by atoms with Crippen LogP contribution in [0.5, 0.6) is 0 Å². The highest BCUT2D eigenvalue weighted by molar-refractivity contribution is 5.25. The van der Waals surface area contributed by atoms with Gasteiger partial charge in [-0.25, -0.2) is 4.98 Å². The third kappa shape index (κ3) is 3.63. The van der Waals surface area contributed by atoms with E-state index in [4.69, 9.17) is 0 Å². The lowest BCUT2D eigenvalue weighted by molar-refractivity contribution is -0.143. The van der Waals surface area contributed by atoms with Crippen LogP contribution in [0.1, 0.15) is 6.42 Å². The number of likely N-dealkylation sites (tertiary alicyclic amines) is 1. The predicted octanol–water partition coefficient (Wildman–Crippen LogP) is 1.72. The van der Waals surface area contributed by atoms with Gasteiger partial charge in [-0.3, -0.25) is 4.90 Å². The number of rotatable bonds is 4. The minimum absolute atomic E-state index is 0.254. The Hall–Kier alpha value is -1.24. The predicted molar refractivity (Wildman–Crippen MR) is 62.3 cm³/mol. The van der Waals surface area contributed by atoms with Crippen molar-refractivity contribution < 1.29 is 13.2 Å². The molecule has 0 aromatic carbocycles. The molecule has 2 rings (SSSR count). The van der Waals surface area contributed by atoms with E-state index in [1.807, 2.05) is 17.8 Å². The van der Waals surface area contributed by atoms with Gasteiger partial charge in [0.2, 0.25) is 5.95 Å². The molecule has 1 N–H and O–H groups in total. The summed E-state index contributed by atoms with van der Waals surface area (Å²) in [5.74, 6) is 1.01. The summed E-state index contributed by atoms with van der Waals surface area (Å²) in [5, 5.41) is 3.16. The van der Waals surface area contributed by atoms with E-state index in [1.165, 1.54) is 4.90 Å². The Balaban J connectivity index is 1.75. The molecule has 1 aromatic heterocycles. The molecule has 1 aliphatic rings. The van der Waals surface area contributed by atoms with Crippen LogP contribution in [0.15, 0.2) is 12.4 Å². The molecule has 4 nitrogen and oxygen atoms in total. The van der Waals surface area contributed by atoms with Crippen molar-refractivity contribution >= 4 is 5.95 Å². The van der Waals surface area contributed by atoms with Crippen molar-refractivity contribution in [3.63, 3.8) is 0 Å². The van der Waals surface area contributed by atoms with Crippen LogP contribution in [0.4, 0.5) is 19.1 Å². The van der Waals surface area contributed by atoms with Gasteiger partial charge >= 0.3 is 6.18 Å². The molecule has 1 fully saturated rings. The van der Waals surface area contributed by atoms with E-state index >= 15 is 0 Å². The van der Waals surface area contributed by atoms with Gasteiger partial charge in [0.05, 0.1) is 6.54 Å². The first kappa shape index (κ1) is 13.2. The average Bonchev–Trinajstić information content (AvgIpc) is 2.82. The molecule has 0 spiro atoms. The first-order chi connectivity index (χ1) is 8.44. The quantitative estimate of drug-likeness (QED) is 0.897. The van der Waals surface area contributed by atoms with Crippen molar-refractivity contribution in [1.82, 2.24) is 14.5 Å². The van der Waals surface area contributed by atoms with E-state index in [0.717, 1.165) is 12.4 Å². The van der Waals surface area contributed by atoms with Crippen molar-refractivity contribution in [3.8, 4) is 0 Å². The first-order valence-electron chi connectivity index (χ1n) is 5.94. The minimum Gasteiger partial charge on any atom is -0.355 e. The number of halogens is 3. The normalized spacial score (nSPS) is 21.4. The van der Waals surface area contributed by atoms with Crippen molar-refractivity contribution in [2.24, 2.45) is 13.0 Å². The van der Waals surface area contributed by atoms with Gasteiger partial charge in [0, 0.05) is 32.5 Å². The standard InChI is InChI=1S/C11H17F3N4/c1-17-5-3-15-10(17)16-6-9-2-4-18(7-9)8-11(12,13)14/h3,5,9H,2,4,6-8H2,1H3,(H,15,16). The van der Waals surface area contributed by atoms with Crippen LogP contribution in [0.25, 0.3) is 0 Å². The largest absolute Gasteiger partial charge is 0.401 e. The van der Waals surface area contributed by atoms with Gasteiger partial charge in [-0.05, 0) is 18.9 Å². The molecule has 0 bridgehead atoms. The smallest absolute Gasteiger partial charge is 0.355 e. The number of alkyl halides is 3. The Labute approximate surface area is 104 Å². The summed E-state index contributed by atoms with van der Waals surface area (Å²) >= 11 is 0. The fourth-order valence-corrected chi connectivity index (χ4v) is 2.25. The summed E-state index contributed by atoms with van der Waals surface area (Å²) in [6.07, 6.45) is 0.218. The number of aromatic nitrogens is 2. The molecule has 0 saturated carbocycles. The maximum atomic E-state index is 12.2. The minimum atomic E-state index is -4.10. The highest BCUT2D eigenvalue weighted by Gasteiger charge is 2.34. The Bertz CT molecular complexity index is 388. The molecule has 0 radical (unpaired) electrons. The van der Waals surface area contributed by atoms with Gasteiger partial charge in [0.1, 0.15) is 0 Å². The molecular formula is C11H17F3N4. The summed E-state index contributed by atoms with van der Waals surface area (Å²) in [7, 11) is 1.87. The highest BCUT2D eigenvalue weighted by Crippen LogP contribution is 2.22. The van der Waals surface area contributed by atoms with Crippen LogP contribution in [-0.2, 0) is 7.05 Å². The van der Waals surface area contributed by atoms with Crippen molar-refractivity contribution in [1.29, 1.82) is 0 Å². The lowest BCUT2D eigenvalue weighted by Crippen LogP contribution is -2.33. The molecule has 0 amide bonds. The molecule has 7 heteroatoms. The van der Waals surface area contributed by atoms with E-state index < -0.39 is 12.7 Å². The topological polar surface area (TPSA) is 33.1 Å². The summed E-state index contributed by atoms with van der Waals surface area (Å²) in [6.45, 7) is 0.883. The number of aryl methyl sites for hydroxylation is 1. The summed E-state index contributed by atoms with van der Waals surface area (Å²) < 4.78 is 38.5. The lowest BCUT2D eigenvalue weighted by Gasteiger charge is -2.18. The number of anilines is 1. The van der Waals surface area contributed by atoms with E-state index in [1.54, 1.807) is 6.20 Å². The molecule has 2 heterocycles. The van der Waals surface area contributed by atoms with Crippen LogP contribution < -0.4 is 5.32 Å². The average molecular weight is 262 g/mol. The van der Waals surface area contributed by atoms with Gasteiger partial charge in [0.15, 0.2) is 0 Å². The first-order valence-corrected chi connectivity index (χ1v) is 5.94. The van der Waals surface area contributed by atoms with Gasteiger partial charge < -0.3 is 9.88 Å². The van der Waals surface area contributed by atoms with Crippen LogP contribution in [0.3, 0.4) is 0 Å². The number of hydrogen-bond donors (Lipinski definition) is 1. The molecule has 18 heavy (non-hydrogen) atoms. The molecule has 1 atom stereocenters. The lowest BCUT2D eigenvalue weighted by atomic mass is 10.1. The molecule has 1 aliphatic heterocycles. The van der Waals surface area contributed by atoms with Crippen molar-refractivity contribution in [2.45, 2.75) is 12.6 Å². The summed E-state index contributed by atoms with van der Waals surface area (Å²) in [6, 6.07) is 0. The monoisotopic (exact) mass is 262 g/mol. The van der Waals surface area contributed by atoms with E-state index in [0.29, 0.717) is 19.6 Å². The Morgan fingerprint density at radius 1 is 1.50 bits per heavy atom. The zero-order valence-electron chi connectivity index (χ0n) is 10.2. The Morgan fingerprint density at radius 2 is 2.28 bits per heavy atom. The summed E-state index contributed by atoms with van der Waals surface area (Å²) in [5.41, 5.74) is 0. The SMILES string of the molecule is Cn1ccnc1NCC1CCN(CC(F)(F)F)C1. The maximum absolute atomic E-state index is 12.2. The molecule has 102 valence electrons. The van der Waals surface area contributed by atoms with Gasteiger partial charge in [-0.15, -0.1) is 0 Å². The fraction of sp³-hybridized carbons (Fsp3) is 0.727. The van der Waals surface area contributed by atoms with Crippen LogP contribution in [0, 0.1) is 5.92 Å². The van der Waals surface area contributed by atoms with Crippen LogP contribution >= 0.6 is 0 Å². The number of nitrogens with zero attached hydrogens (tertiary/aromatic N) is 3. The van der Waals surface area contributed by atoms with Crippen molar-refractivity contribution in [3.05, 3.63) is 12.4 Å². The van der Waals surface area contributed by atoms with Crippen LogP contribution in [-0.4, -0.2) is 46.8 Å². The molecule has 1 aromatic rings. The van der Waals surface area contributed by atoms with E-state index in [-0.39, 0.29) is 5.92 Å². The maximum Gasteiger partial charge on any atom is 0.401 e. The highest BCUT2D eigenvalue weighted by atomic mass is 19.4. The summed E-state index contributed by atoms with van der Waals surface area (Å²) in [4.78, 5) is 5.58. The third-order valence-corrected chi connectivity index (χ3v) is 3.14. The van der Waals surface area contributed by atoms with Gasteiger partial charge in [-0.2, -0.15) is 13.2 Å². The van der Waals surface area contributed by atoms with Gasteiger partial charge in [-0.1, -0.05) is 0 Å². The molecule has 1 unspecified atom stereocenters. The molecular weight excluding hydrogens is 245 g/mol. The van der Waals surface area contributed by atoms with Crippen molar-refractivity contribution in [2.75, 3.05) is 31.5 Å². The molecule has 0 aliphatic carbocycles. The van der Waals surface area contributed by atoms with Gasteiger partial charge in [0.25, 0.3) is 0 Å². The van der Waals surface area contributed by atoms with Crippen LogP contribution in [0.2, 0.25) is 0 Å². The second kappa shape index (κ2) is 5.17. The second-order valence-electron chi connectivity index (χ2n) is 4.75. The number of hydrogen-bond acceptors (Lipinski definition) is 3. The van der Waals surface area contributed by atoms with E-state index in [2.05, 4.69) is 10.3 Å². The number of imidazole rings is 1. The zero-order chi connectivity index (χ0) is 13.2. The fourth-order valence-electron chi connectivity index (χ4n) is 2.25. The van der Waals surface area contributed by atoms with E-state index in [9.17, 15) is 13.2 Å². The number of nitrogens with one attached hydrogen (secondary N) is 1. The zero-order valence-corrected chi connectivity index (χ0v) is 10.2. The Morgan fingerprint density at radius 3 is 2.89 bits per heavy atom. The Kier molecular flexibility index (Phi) is 3.79. The second-order valence-corrected chi connectivity index (χ2v) is 4.75. The third-order valence-electron chi connectivity index (χ3n) is 3.14. The molecule has 1 saturated heterocycles.